The molecule has 0 unspecified atom stereocenters. The molecule has 1 aromatic heterocycles. The van der Waals surface area contributed by atoms with E-state index in [1.807, 2.05) is 41.3 Å². The summed E-state index contributed by atoms with van der Waals surface area (Å²) in [5.74, 6) is 0.0898. The van der Waals surface area contributed by atoms with Crippen LogP contribution in [-0.4, -0.2) is 59.5 Å². The summed E-state index contributed by atoms with van der Waals surface area (Å²) >= 11 is 0. The van der Waals surface area contributed by atoms with Crippen LogP contribution in [0.15, 0.2) is 48.5 Å². The summed E-state index contributed by atoms with van der Waals surface area (Å²) < 4.78 is 5.26. The number of hydrogen-bond donors (Lipinski definition) is 0. The van der Waals surface area contributed by atoms with Gasteiger partial charge < -0.3 is 14.5 Å². The van der Waals surface area contributed by atoms with Crippen molar-refractivity contribution < 1.29 is 14.3 Å². The normalized spacial score (nSPS) is 14.1. The summed E-state index contributed by atoms with van der Waals surface area (Å²) in [5, 5.41) is 0. The number of rotatable bonds is 8. The van der Waals surface area contributed by atoms with E-state index in [4.69, 9.17) is 9.72 Å². The molecule has 4 rings (SSSR count). The van der Waals surface area contributed by atoms with E-state index in [2.05, 4.69) is 28.9 Å². The summed E-state index contributed by atoms with van der Waals surface area (Å²) in [7, 11) is 0. The molecule has 184 valence electrons. The molecule has 1 aliphatic heterocycles. The SMILES string of the molecule is CCCCCc1ccc(C(=O)N2CCCN(c3nc4ccccc4nc3C(=O)OCC)CC2)cc1. The average molecular weight is 475 g/mol. The van der Waals surface area contributed by atoms with Crippen LogP contribution in [-0.2, 0) is 11.2 Å². The number of fused-ring (bicyclic) bond motifs is 1. The van der Waals surface area contributed by atoms with Gasteiger partial charge in [-0.05, 0) is 56.0 Å². The molecule has 0 aliphatic carbocycles. The van der Waals surface area contributed by atoms with Gasteiger partial charge in [-0.2, -0.15) is 0 Å². The summed E-state index contributed by atoms with van der Waals surface area (Å²) in [6.45, 7) is 6.71. The van der Waals surface area contributed by atoms with Crippen molar-refractivity contribution in [3.8, 4) is 0 Å². The van der Waals surface area contributed by atoms with Gasteiger partial charge in [0.15, 0.2) is 11.5 Å². The average Bonchev–Trinajstić information content (AvgIpc) is 3.14. The van der Waals surface area contributed by atoms with E-state index in [1.165, 1.54) is 24.8 Å². The van der Waals surface area contributed by atoms with Gasteiger partial charge in [0.05, 0.1) is 17.6 Å². The molecule has 0 spiro atoms. The second-order valence-corrected chi connectivity index (χ2v) is 8.89. The molecular formula is C28H34N4O3. The lowest BCUT2D eigenvalue weighted by Gasteiger charge is -2.24. The summed E-state index contributed by atoms with van der Waals surface area (Å²) in [5.41, 5.74) is 3.61. The zero-order valence-corrected chi connectivity index (χ0v) is 20.7. The molecule has 7 nitrogen and oxygen atoms in total. The molecule has 7 heteroatoms. The maximum absolute atomic E-state index is 13.2. The lowest BCUT2D eigenvalue weighted by Crippen LogP contribution is -2.36. The Hall–Kier alpha value is -3.48. The smallest absolute Gasteiger partial charge is 0.360 e. The highest BCUT2D eigenvalue weighted by molar-refractivity contribution is 5.96. The molecule has 1 fully saturated rings. The first-order chi connectivity index (χ1) is 17.1. The molecular weight excluding hydrogens is 440 g/mol. The van der Waals surface area contributed by atoms with Crippen molar-refractivity contribution in [2.45, 2.75) is 46.0 Å². The maximum Gasteiger partial charge on any atom is 0.360 e. The van der Waals surface area contributed by atoms with E-state index >= 15 is 0 Å². The van der Waals surface area contributed by atoms with Gasteiger partial charge in [-0.25, -0.2) is 14.8 Å². The van der Waals surface area contributed by atoms with Crippen LogP contribution in [0.4, 0.5) is 5.82 Å². The van der Waals surface area contributed by atoms with Gasteiger partial charge in [-0.15, -0.1) is 0 Å². The van der Waals surface area contributed by atoms with Crippen molar-refractivity contribution in [2.75, 3.05) is 37.7 Å². The number of carbonyl (C=O) groups excluding carboxylic acids is 2. The zero-order valence-electron chi connectivity index (χ0n) is 20.7. The molecule has 1 amide bonds. The fraction of sp³-hybridized carbons (Fsp3) is 0.429. The fourth-order valence-corrected chi connectivity index (χ4v) is 4.46. The second-order valence-electron chi connectivity index (χ2n) is 8.89. The molecule has 35 heavy (non-hydrogen) atoms. The number of unbranched alkanes of at least 4 members (excludes halogenated alkanes) is 2. The molecule has 0 radical (unpaired) electrons. The number of carbonyl (C=O) groups is 2. The first kappa shape index (κ1) is 24.6. The predicted octanol–water partition coefficient (Wildman–Crippen LogP) is 4.89. The van der Waals surface area contributed by atoms with Crippen LogP contribution in [0.1, 0.15) is 65.9 Å². The second kappa shape index (κ2) is 11.8. The van der Waals surface area contributed by atoms with Crippen LogP contribution < -0.4 is 4.90 Å². The third-order valence-corrected chi connectivity index (χ3v) is 6.37. The van der Waals surface area contributed by atoms with Gasteiger partial charge in [0, 0.05) is 31.7 Å². The highest BCUT2D eigenvalue weighted by Crippen LogP contribution is 2.23. The van der Waals surface area contributed by atoms with Crippen molar-refractivity contribution in [3.05, 3.63) is 65.4 Å². The number of para-hydroxylation sites is 2. The van der Waals surface area contributed by atoms with E-state index in [0.29, 0.717) is 37.5 Å². The van der Waals surface area contributed by atoms with Crippen molar-refractivity contribution in [3.63, 3.8) is 0 Å². The van der Waals surface area contributed by atoms with E-state index in [-0.39, 0.29) is 18.2 Å². The van der Waals surface area contributed by atoms with E-state index < -0.39 is 5.97 Å². The Bertz CT molecular complexity index is 1160. The zero-order chi connectivity index (χ0) is 24.6. The van der Waals surface area contributed by atoms with Crippen LogP contribution in [0.25, 0.3) is 11.0 Å². The molecule has 1 aliphatic rings. The number of aryl methyl sites for hydroxylation is 1. The fourth-order valence-electron chi connectivity index (χ4n) is 4.46. The third kappa shape index (κ3) is 5.96. The van der Waals surface area contributed by atoms with Crippen LogP contribution in [0.2, 0.25) is 0 Å². The summed E-state index contributed by atoms with van der Waals surface area (Å²) in [6.07, 6.45) is 5.43. The highest BCUT2D eigenvalue weighted by atomic mass is 16.5. The standard InChI is InChI=1S/C28H34N4O3/c1-3-5-6-10-21-13-15-22(16-14-21)27(33)32-18-9-17-31(19-20-32)26-25(28(34)35-4-2)29-23-11-7-8-12-24(23)30-26/h7-8,11-16H,3-6,9-10,17-20H2,1-2H3. The first-order valence-corrected chi connectivity index (χ1v) is 12.7. The topological polar surface area (TPSA) is 75.6 Å². The quantitative estimate of drug-likeness (QED) is 0.342. The van der Waals surface area contributed by atoms with Gasteiger partial charge in [0.2, 0.25) is 0 Å². The number of anilines is 1. The number of nitrogens with zero attached hydrogens (tertiary/aromatic N) is 4. The van der Waals surface area contributed by atoms with Crippen LogP contribution in [0.5, 0.6) is 0 Å². The Morgan fingerprint density at radius 1 is 0.886 bits per heavy atom. The van der Waals surface area contributed by atoms with Gasteiger partial charge in [0.1, 0.15) is 0 Å². The monoisotopic (exact) mass is 474 g/mol. The highest BCUT2D eigenvalue weighted by Gasteiger charge is 2.26. The third-order valence-electron chi connectivity index (χ3n) is 6.37. The Morgan fingerprint density at radius 2 is 1.63 bits per heavy atom. The Kier molecular flexibility index (Phi) is 8.29. The lowest BCUT2D eigenvalue weighted by molar-refractivity contribution is 0.0520. The van der Waals surface area contributed by atoms with Gasteiger partial charge in [-0.1, -0.05) is 44.0 Å². The Balaban J connectivity index is 1.49. The lowest BCUT2D eigenvalue weighted by atomic mass is 10.0. The van der Waals surface area contributed by atoms with Crippen LogP contribution in [0, 0.1) is 0 Å². The largest absolute Gasteiger partial charge is 0.461 e. The molecule has 0 atom stereocenters. The summed E-state index contributed by atoms with van der Waals surface area (Å²) in [4.78, 5) is 39.2. The van der Waals surface area contributed by atoms with E-state index in [0.717, 1.165) is 23.9 Å². The molecule has 1 saturated heterocycles. The minimum absolute atomic E-state index is 0.0437. The summed E-state index contributed by atoms with van der Waals surface area (Å²) in [6, 6.07) is 15.5. The number of hydrogen-bond acceptors (Lipinski definition) is 6. The Morgan fingerprint density at radius 3 is 2.34 bits per heavy atom. The molecule has 3 aromatic rings. The first-order valence-electron chi connectivity index (χ1n) is 12.7. The van der Waals surface area contributed by atoms with Gasteiger partial charge in [0.25, 0.3) is 5.91 Å². The van der Waals surface area contributed by atoms with E-state index in [1.54, 1.807) is 6.92 Å². The number of esters is 1. The van der Waals surface area contributed by atoms with Crippen molar-refractivity contribution in [1.29, 1.82) is 0 Å². The predicted molar refractivity (Wildman–Crippen MR) is 138 cm³/mol. The maximum atomic E-state index is 13.2. The van der Waals surface area contributed by atoms with Crippen molar-refractivity contribution >= 4 is 28.7 Å². The van der Waals surface area contributed by atoms with Crippen LogP contribution >= 0.6 is 0 Å². The van der Waals surface area contributed by atoms with Crippen LogP contribution in [0.3, 0.4) is 0 Å². The van der Waals surface area contributed by atoms with Gasteiger partial charge in [-0.3, -0.25) is 4.79 Å². The Labute approximate surface area is 207 Å². The van der Waals surface area contributed by atoms with Crippen molar-refractivity contribution in [2.24, 2.45) is 0 Å². The molecule has 2 aromatic carbocycles. The van der Waals surface area contributed by atoms with E-state index in [9.17, 15) is 9.59 Å². The van der Waals surface area contributed by atoms with Gasteiger partial charge >= 0.3 is 5.97 Å². The van der Waals surface area contributed by atoms with Crippen molar-refractivity contribution in [1.82, 2.24) is 14.9 Å². The molecule has 0 bridgehead atoms. The number of aromatic nitrogens is 2. The molecule has 2 heterocycles. The molecule has 0 saturated carbocycles. The number of benzene rings is 2. The minimum Gasteiger partial charge on any atom is -0.461 e. The number of ether oxygens (including phenoxy) is 1. The minimum atomic E-state index is -0.475. The number of amides is 1. The molecule has 0 N–H and O–H groups in total.